The molecule has 2 heterocycles. The van der Waals surface area contributed by atoms with Crippen molar-refractivity contribution in [3.63, 3.8) is 0 Å². The van der Waals surface area contributed by atoms with Gasteiger partial charge in [-0.2, -0.15) is 0 Å². The van der Waals surface area contributed by atoms with Crippen molar-refractivity contribution >= 4 is 35.0 Å². The Balaban J connectivity index is 1.37. The molecule has 0 saturated heterocycles. The highest BCUT2D eigenvalue weighted by molar-refractivity contribution is 7.98. The molecule has 4 rings (SSSR count). The van der Waals surface area contributed by atoms with Gasteiger partial charge < -0.3 is 13.7 Å². The van der Waals surface area contributed by atoms with E-state index in [0.29, 0.717) is 33.3 Å². The highest BCUT2D eigenvalue weighted by Gasteiger charge is 2.13. The number of nitrogens with zero attached hydrogens (tertiary/aromatic N) is 4. The van der Waals surface area contributed by atoms with E-state index in [2.05, 4.69) is 15.2 Å². The summed E-state index contributed by atoms with van der Waals surface area (Å²) in [5.74, 6) is 2.48. The van der Waals surface area contributed by atoms with Crippen LogP contribution in [-0.2, 0) is 19.4 Å². The maximum absolute atomic E-state index is 6.11. The van der Waals surface area contributed by atoms with E-state index in [-0.39, 0.29) is 6.61 Å². The Hall–Kier alpha value is -2.48. The van der Waals surface area contributed by atoms with E-state index in [1.54, 1.807) is 24.5 Å². The molecule has 0 spiro atoms. The van der Waals surface area contributed by atoms with Crippen LogP contribution in [0.1, 0.15) is 11.5 Å². The Bertz CT molecular complexity index is 1110. The quantitative estimate of drug-likeness (QED) is 0.341. The molecule has 4 aromatic rings. The minimum atomic E-state index is 0.276. The fourth-order valence-corrected chi connectivity index (χ4v) is 3.66. The number of rotatable bonds is 7. The normalized spacial score (nSPS) is 11.0. The average molecular weight is 447 g/mol. The molecule has 29 heavy (non-hydrogen) atoms. The molecule has 0 amide bonds. The molecule has 2 aromatic heterocycles. The molecule has 0 aliphatic heterocycles. The van der Waals surface area contributed by atoms with Crippen molar-refractivity contribution in [2.75, 3.05) is 0 Å². The van der Waals surface area contributed by atoms with Gasteiger partial charge in [0.25, 0.3) is 0 Å². The first-order valence-corrected chi connectivity index (χ1v) is 10.4. The van der Waals surface area contributed by atoms with Gasteiger partial charge in [0.2, 0.25) is 5.89 Å². The fourth-order valence-electron chi connectivity index (χ4n) is 2.54. The van der Waals surface area contributed by atoms with Gasteiger partial charge in [0.05, 0.1) is 10.7 Å². The van der Waals surface area contributed by atoms with Gasteiger partial charge in [0, 0.05) is 23.4 Å². The summed E-state index contributed by atoms with van der Waals surface area (Å²) in [6, 6.07) is 14.7. The molecule has 0 saturated carbocycles. The van der Waals surface area contributed by atoms with Crippen molar-refractivity contribution in [1.29, 1.82) is 0 Å². The van der Waals surface area contributed by atoms with Crippen molar-refractivity contribution in [3.8, 4) is 17.2 Å². The number of oxazole rings is 1. The Morgan fingerprint density at radius 2 is 1.86 bits per heavy atom. The highest BCUT2D eigenvalue weighted by atomic mass is 35.5. The third-order valence-corrected chi connectivity index (χ3v) is 5.73. The lowest BCUT2D eigenvalue weighted by Gasteiger charge is -2.07. The topological polar surface area (TPSA) is 66.0 Å². The fraction of sp³-hybridized carbons (Fsp3) is 0.150. The van der Waals surface area contributed by atoms with Gasteiger partial charge in [-0.25, -0.2) is 4.98 Å². The van der Waals surface area contributed by atoms with E-state index >= 15 is 0 Å². The zero-order chi connectivity index (χ0) is 20.2. The smallest absolute Gasteiger partial charge is 0.226 e. The van der Waals surface area contributed by atoms with Crippen LogP contribution in [0.2, 0.25) is 10.0 Å². The number of aromatic nitrogens is 4. The number of halogens is 2. The Kier molecular flexibility index (Phi) is 6.08. The first-order valence-electron chi connectivity index (χ1n) is 8.69. The maximum Gasteiger partial charge on any atom is 0.226 e. The number of thioether (sulfide) groups is 1. The van der Waals surface area contributed by atoms with Crippen molar-refractivity contribution in [3.05, 3.63) is 76.4 Å². The highest BCUT2D eigenvalue weighted by Crippen LogP contribution is 2.26. The Morgan fingerprint density at radius 3 is 2.66 bits per heavy atom. The van der Waals surface area contributed by atoms with Crippen LogP contribution in [0.3, 0.4) is 0 Å². The summed E-state index contributed by atoms with van der Waals surface area (Å²) in [6.45, 7) is 0.276. The largest absolute Gasteiger partial charge is 0.484 e. The predicted molar refractivity (Wildman–Crippen MR) is 113 cm³/mol. The van der Waals surface area contributed by atoms with E-state index in [1.165, 1.54) is 11.8 Å². The number of benzene rings is 2. The summed E-state index contributed by atoms with van der Waals surface area (Å²) in [6.07, 6.45) is 1.65. The SMILES string of the molecule is Cn1c(COc2ccccc2Cl)nnc1SCc1coc(-c2ccc(Cl)cc2)n1. The molecule has 6 nitrogen and oxygen atoms in total. The van der Waals surface area contributed by atoms with Crippen molar-refractivity contribution in [1.82, 2.24) is 19.7 Å². The Labute approximate surface area is 181 Å². The first kappa shape index (κ1) is 19.8. The van der Waals surface area contributed by atoms with E-state index in [1.807, 2.05) is 41.9 Å². The summed E-state index contributed by atoms with van der Waals surface area (Å²) in [4.78, 5) is 4.52. The third kappa shape index (κ3) is 4.75. The first-order chi connectivity index (χ1) is 14.1. The predicted octanol–water partition coefficient (Wildman–Crippen LogP) is 5.65. The Morgan fingerprint density at radius 1 is 1.07 bits per heavy atom. The zero-order valence-electron chi connectivity index (χ0n) is 15.4. The van der Waals surface area contributed by atoms with Crippen LogP contribution in [0.25, 0.3) is 11.5 Å². The van der Waals surface area contributed by atoms with E-state index in [4.69, 9.17) is 32.4 Å². The van der Waals surface area contributed by atoms with Crippen LogP contribution >= 0.6 is 35.0 Å². The molecule has 2 aromatic carbocycles. The number of hydrogen-bond acceptors (Lipinski definition) is 6. The molecule has 0 bridgehead atoms. The molecule has 0 aliphatic carbocycles. The summed E-state index contributed by atoms with van der Waals surface area (Å²) in [5.41, 5.74) is 1.69. The van der Waals surface area contributed by atoms with Gasteiger partial charge in [0.15, 0.2) is 11.0 Å². The average Bonchev–Trinajstić information content (AvgIpc) is 3.33. The molecular weight excluding hydrogens is 431 g/mol. The van der Waals surface area contributed by atoms with Crippen molar-refractivity contribution < 1.29 is 9.15 Å². The second-order valence-corrected chi connectivity index (χ2v) is 7.90. The van der Waals surface area contributed by atoms with Crippen LogP contribution in [0.5, 0.6) is 5.75 Å². The summed E-state index contributed by atoms with van der Waals surface area (Å²) in [7, 11) is 1.90. The zero-order valence-corrected chi connectivity index (χ0v) is 17.7. The molecular formula is C20H16Cl2N4O2S. The molecule has 0 radical (unpaired) electrons. The summed E-state index contributed by atoms with van der Waals surface area (Å²) < 4.78 is 13.2. The third-order valence-electron chi connectivity index (χ3n) is 4.11. The van der Waals surface area contributed by atoms with Gasteiger partial charge in [-0.1, -0.05) is 47.1 Å². The summed E-state index contributed by atoms with van der Waals surface area (Å²) in [5, 5.41) is 10.4. The monoisotopic (exact) mass is 446 g/mol. The van der Waals surface area contributed by atoms with Crippen LogP contribution < -0.4 is 4.74 Å². The van der Waals surface area contributed by atoms with E-state index in [0.717, 1.165) is 16.4 Å². The number of ether oxygens (including phenoxy) is 1. The van der Waals surface area contributed by atoms with Crippen LogP contribution in [-0.4, -0.2) is 19.7 Å². The minimum Gasteiger partial charge on any atom is -0.484 e. The standard InChI is InChI=1S/C20H16Cl2N4O2S/c1-26-18(11-27-17-5-3-2-4-16(17)22)24-25-20(26)29-12-15-10-28-19(23-15)13-6-8-14(21)9-7-13/h2-10H,11-12H2,1H3. The van der Waals surface area contributed by atoms with Gasteiger partial charge in [-0.3, -0.25) is 0 Å². The van der Waals surface area contributed by atoms with Gasteiger partial charge in [-0.15, -0.1) is 10.2 Å². The van der Waals surface area contributed by atoms with Crippen LogP contribution in [0.4, 0.5) is 0 Å². The van der Waals surface area contributed by atoms with E-state index < -0.39 is 0 Å². The van der Waals surface area contributed by atoms with Crippen LogP contribution in [0, 0.1) is 0 Å². The lowest BCUT2D eigenvalue weighted by atomic mass is 10.2. The van der Waals surface area contributed by atoms with Crippen LogP contribution in [0.15, 0.2) is 64.4 Å². The maximum atomic E-state index is 6.11. The lowest BCUT2D eigenvalue weighted by molar-refractivity contribution is 0.290. The lowest BCUT2D eigenvalue weighted by Crippen LogP contribution is -2.04. The minimum absolute atomic E-state index is 0.276. The summed E-state index contributed by atoms with van der Waals surface area (Å²) >= 11 is 13.6. The second-order valence-electron chi connectivity index (χ2n) is 6.12. The van der Waals surface area contributed by atoms with Crippen molar-refractivity contribution in [2.45, 2.75) is 17.5 Å². The molecule has 9 heteroatoms. The van der Waals surface area contributed by atoms with Gasteiger partial charge in [0.1, 0.15) is 18.6 Å². The van der Waals surface area contributed by atoms with Crippen molar-refractivity contribution in [2.24, 2.45) is 7.05 Å². The molecule has 0 atom stereocenters. The molecule has 0 unspecified atom stereocenters. The second kappa shape index (κ2) is 8.90. The van der Waals surface area contributed by atoms with Gasteiger partial charge >= 0.3 is 0 Å². The molecule has 0 aliphatic rings. The molecule has 148 valence electrons. The van der Waals surface area contributed by atoms with Gasteiger partial charge in [-0.05, 0) is 36.4 Å². The number of para-hydroxylation sites is 1. The van der Waals surface area contributed by atoms with E-state index in [9.17, 15) is 0 Å². The molecule has 0 fully saturated rings. The molecule has 0 N–H and O–H groups in total. The number of hydrogen-bond donors (Lipinski definition) is 0.